The van der Waals surface area contributed by atoms with Gasteiger partial charge < -0.3 is 15.8 Å². The molecule has 3 N–H and O–H groups in total. The number of anilines is 1. The molecule has 0 unspecified atom stereocenters. The predicted octanol–water partition coefficient (Wildman–Crippen LogP) is 1.47. The molecule has 0 aromatic carbocycles. The monoisotopic (exact) mass is 239 g/mol. The molecule has 1 aromatic heterocycles. The zero-order chi connectivity index (χ0) is 12.0. The first-order valence-electron chi connectivity index (χ1n) is 5.23. The predicted molar refractivity (Wildman–Crippen MR) is 69.8 cm³/mol. The number of hydrogen-bond donors (Lipinski definition) is 2. The molecule has 1 rings (SSSR count). The zero-order valence-corrected chi connectivity index (χ0v) is 10.4. The molecule has 0 amide bonds. The van der Waals surface area contributed by atoms with Crippen LogP contribution in [0.2, 0.25) is 0 Å². The Kier molecular flexibility index (Phi) is 5.14. The van der Waals surface area contributed by atoms with E-state index in [0.29, 0.717) is 24.7 Å². The highest BCUT2D eigenvalue weighted by atomic mass is 32.1. The van der Waals surface area contributed by atoms with Crippen LogP contribution in [0, 0.1) is 6.92 Å². The molecule has 0 aliphatic heterocycles. The summed E-state index contributed by atoms with van der Waals surface area (Å²) >= 11 is 5.01. The van der Waals surface area contributed by atoms with E-state index < -0.39 is 0 Å². The summed E-state index contributed by atoms with van der Waals surface area (Å²) in [5, 5.41) is 3.17. The third kappa shape index (κ3) is 3.43. The topological polar surface area (TPSA) is 60.2 Å². The standard InChI is InChI=1S/C11H17N3OS/c1-3-15-7-6-14-11-9(10(12)16)8(2)4-5-13-11/h4-5H,3,6-7H2,1-2H3,(H2,12,16)(H,13,14). The van der Waals surface area contributed by atoms with Crippen LogP contribution in [0.5, 0.6) is 0 Å². The molecule has 1 aromatic rings. The van der Waals surface area contributed by atoms with E-state index in [1.54, 1.807) is 6.20 Å². The highest BCUT2D eigenvalue weighted by Crippen LogP contribution is 2.15. The summed E-state index contributed by atoms with van der Waals surface area (Å²) in [4.78, 5) is 4.59. The molecule has 88 valence electrons. The quantitative estimate of drug-likeness (QED) is 0.581. The zero-order valence-electron chi connectivity index (χ0n) is 9.62. The molecule has 0 radical (unpaired) electrons. The van der Waals surface area contributed by atoms with E-state index in [9.17, 15) is 0 Å². The molecule has 16 heavy (non-hydrogen) atoms. The number of nitrogens with two attached hydrogens (primary N) is 1. The normalized spacial score (nSPS) is 10.1. The van der Waals surface area contributed by atoms with Crippen molar-refractivity contribution >= 4 is 23.0 Å². The van der Waals surface area contributed by atoms with Crippen molar-refractivity contribution < 1.29 is 4.74 Å². The van der Waals surface area contributed by atoms with Gasteiger partial charge in [-0.3, -0.25) is 0 Å². The van der Waals surface area contributed by atoms with E-state index in [2.05, 4.69) is 10.3 Å². The van der Waals surface area contributed by atoms with Gasteiger partial charge in [-0.1, -0.05) is 12.2 Å². The fraction of sp³-hybridized carbons (Fsp3) is 0.455. The summed E-state index contributed by atoms with van der Waals surface area (Å²) in [6.45, 7) is 5.98. The Balaban J connectivity index is 2.71. The summed E-state index contributed by atoms with van der Waals surface area (Å²) in [5.41, 5.74) is 7.51. The average Bonchev–Trinajstić information content (AvgIpc) is 2.24. The number of aromatic nitrogens is 1. The van der Waals surface area contributed by atoms with Gasteiger partial charge in [-0.15, -0.1) is 0 Å². The van der Waals surface area contributed by atoms with E-state index in [0.717, 1.165) is 16.9 Å². The van der Waals surface area contributed by atoms with Gasteiger partial charge in [0.05, 0.1) is 12.2 Å². The lowest BCUT2D eigenvalue weighted by Crippen LogP contribution is -2.18. The first kappa shape index (κ1) is 12.9. The molecule has 0 fully saturated rings. The van der Waals surface area contributed by atoms with E-state index in [-0.39, 0.29) is 0 Å². The molecule has 1 heterocycles. The van der Waals surface area contributed by atoms with Crippen molar-refractivity contribution in [1.82, 2.24) is 4.98 Å². The van der Waals surface area contributed by atoms with E-state index in [1.165, 1.54) is 0 Å². The Hall–Kier alpha value is -1.20. The van der Waals surface area contributed by atoms with Crippen LogP contribution in [0.25, 0.3) is 0 Å². The van der Waals surface area contributed by atoms with Gasteiger partial charge in [0.25, 0.3) is 0 Å². The minimum absolute atomic E-state index is 0.365. The summed E-state index contributed by atoms with van der Waals surface area (Å²) in [5.74, 6) is 0.729. The lowest BCUT2D eigenvalue weighted by molar-refractivity contribution is 0.158. The highest BCUT2D eigenvalue weighted by molar-refractivity contribution is 7.80. The van der Waals surface area contributed by atoms with Crippen molar-refractivity contribution in [2.24, 2.45) is 5.73 Å². The maximum absolute atomic E-state index is 5.67. The minimum Gasteiger partial charge on any atom is -0.389 e. The smallest absolute Gasteiger partial charge is 0.136 e. The van der Waals surface area contributed by atoms with Gasteiger partial charge in [0, 0.05) is 19.3 Å². The van der Waals surface area contributed by atoms with Gasteiger partial charge in [0.1, 0.15) is 10.8 Å². The van der Waals surface area contributed by atoms with Crippen LogP contribution in [0.4, 0.5) is 5.82 Å². The van der Waals surface area contributed by atoms with Crippen LogP contribution in [0.15, 0.2) is 12.3 Å². The molecule has 4 nitrogen and oxygen atoms in total. The fourth-order valence-electron chi connectivity index (χ4n) is 1.39. The number of thiocarbonyl (C=S) groups is 1. The number of ether oxygens (including phenoxy) is 1. The van der Waals surface area contributed by atoms with Gasteiger partial charge in [0.15, 0.2) is 0 Å². The van der Waals surface area contributed by atoms with Crippen molar-refractivity contribution in [2.75, 3.05) is 25.1 Å². The lowest BCUT2D eigenvalue weighted by atomic mass is 10.1. The van der Waals surface area contributed by atoms with Gasteiger partial charge >= 0.3 is 0 Å². The fourth-order valence-corrected chi connectivity index (χ4v) is 1.65. The number of hydrogen-bond acceptors (Lipinski definition) is 4. The maximum atomic E-state index is 5.67. The Morgan fingerprint density at radius 2 is 2.38 bits per heavy atom. The third-order valence-corrected chi connectivity index (χ3v) is 2.35. The van der Waals surface area contributed by atoms with E-state index >= 15 is 0 Å². The van der Waals surface area contributed by atoms with Crippen LogP contribution in [-0.4, -0.2) is 29.7 Å². The van der Waals surface area contributed by atoms with Gasteiger partial charge in [-0.25, -0.2) is 4.98 Å². The highest BCUT2D eigenvalue weighted by Gasteiger charge is 2.08. The van der Waals surface area contributed by atoms with Crippen LogP contribution in [0.3, 0.4) is 0 Å². The van der Waals surface area contributed by atoms with Crippen LogP contribution in [0.1, 0.15) is 18.1 Å². The molecule has 0 saturated carbocycles. The first-order chi connectivity index (χ1) is 7.66. The van der Waals surface area contributed by atoms with E-state index in [4.69, 9.17) is 22.7 Å². The maximum Gasteiger partial charge on any atom is 0.136 e. The summed E-state index contributed by atoms with van der Waals surface area (Å²) in [6.07, 6.45) is 1.74. The molecule has 0 atom stereocenters. The van der Waals surface area contributed by atoms with Crippen LogP contribution in [-0.2, 0) is 4.74 Å². The Labute approximate surface area is 101 Å². The van der Waals surface area contributed by atoms with Crippen LogP contribution < -0.4 is 11.1 Å². The summed E-state index contributed by atoms with van der Waals surface area (Å²) in [6, 6.07) is 1.89. The van der Waals surface area contributed by atoms with Crippen molar-refractivity contribution in [2.45, 2.75) is 13.8 Å². The van der Waals surface area contributed by atoms with Crippen molar-refractivity contribution in [3.8, 4) is 0 Å². The average molecular weight is 239 g/mol. The van der Waals surface area contributed by atoms with Gasteiger partial charge in [-0.05, 0) is 25.5 Å². The van der Waals surface area contributed by atoms with Crippen LogP contribution >= 0.6 is 12.2 Å². The molecule has 0 bridgehead atoms. The molecule has 5 heteroatoms. The first-order valence-corrected chi connectivity index (χ1v) is 5.64. The number of rotatable bonds is 6. The van der Waals surface area contributed by atoms with Gasteiger partial charge in [0.2, 0.25) is 0 Å². The van der Waals surface area contributed by atoms with E-state index in [1.807, 2.05) is 19.9 Å². The van der Waals surface area contributed by atoms with Crippen molar-refractivity contribution in [3.63, 3.8) is 0 Å². The lowest BCUT2D eigenvalue weighted by Gasteiger charge is -2.11. The second kappa shape index (κ2) is 6.40. The summed E-state index contributed by atoms with van der Waals surface area (Å²) in [7, 11) is 0. The Morgan fingerprint density at radius 3 is 3.00 bits per heavy atom. The minimum atomic E-state index is 0.365. The number of pyridine rings is 1. The molecule has 0 saturated heterocycles. The molecular weight excluding hydrogens is 222 g/mol. The molecule has 0 spiro atoms. The summed E-state index contributed by atoms with van der Waals surface area (Å²) < 4.78 is 5.23. The second-order valence-corrected chi connectivity index (χ2v) is 3.78. The second-order valence-electron chi connectivity index (χ2n) is 3.34. The number of nitrogens with one attached hydrogen (secondary N) is 1. The Morgan fingerprint density at radius 1 is 1.62 bits per heavy atom. The number of aryl methyl sites for hydroxylation is 1. The van der Waals surface area contributed by atoms with Gasteiger partial charge in [-0.2, -0.15) is 0 Å². The molecule has 0 aliphatic rings. The van der Waals surface area contributed by atoms with Crippen molar-refractivity contribution in [1.29, 1.82) is 0 Å². The Bertz CT molecular complexity index is 368. The molecule has 0 aliphatic carbocycles. The largest absolute Gasteiger partial charge is 0.389 e. The SMILES string of the molecule is CCOCCNc1nccc(C)c1C(N)=S. The third-order valence-electron chi connectivity index (χ3n) is 2.15. The van der Waals surface area contributed by atoms with Crippen molar-refractivity contribution in [3.05, 3.63) is 23.4 Å². The number of nitrogens with zero attached hydrogens (tertiary/aromatic N) is 1. The molecular formula is C11H17N3OS.